The zero-order valence-electron chi connectivity index (χ0n) is 23.2. The Hall–Kier alpha value is -4.74. The summed E-state index contributed by atoms with van der Waals surface area (Å²) in [5, 5.41) is 14.6. The van der Waals surface area contributed by atoms with Crippen molar-refractivity contribution in [1.29, 1.82) is 0 Å². The van der Waals surface area contributed by atoms with E-state index in [1.807, 2.05) is 30.3 Å². The van der Waals surface area contributed by atoms with Crippen molar-refractivity contribution < 1.29 is 22.9 Å². The van der Waals surface area contributed by atoms with E-state index < -0.39 is 39.3 Å². The average Bonchev–Trinajstić information content (AvgIpc) is 3.02. The minimum absolute atomic E-state index is 0.0327. The van der Waals surface area contributed by atoms with Gasteiger partial charge in [0.2, 0.25) is 11.8 Å². The molecule has 1 atom stereocenters. The lowest BCUT2D eigenvalue weighted by Gasteiger charge is -2.33. The van der Waals surface area contributed by atoms with Crippen molar-refractivity contribution in [3.8, 4) is 0 Å². The number of benzene rings is 4. The van der Waals surface area contributed by atoms with Crippen molar-refractivity contribution >= 4 is 44.8 Å². The van der Waals surface area contributed by atoms with Gasteiger partial charge in [0.05, 0.1) is 15.5 Å². The number of halogens is 1. The quantitative estimate of drug-likeness (QED) is 0.178. The first-order valence-corrected chi connectivity index (χ1v) is 15.0. The molecular formula is C31H29ClN4O6S. The highest BCUT2D eigenvalue weighted by atomic mass is 35.5. The van der Waals surface area contributed by atoms with Crippen molar-refractivity contribution in [2.75, 3.05) is 17.9 Å². The maximum atomic E-state index is 14.2. The highest BCUT2D eigenvalue weighted by Gasteiger charge is 2.34. The second-order valence-corrected chi connectivity index (χ2v) is 11.9. The van der Waals surface area contributed by atoms with E-state index in [1.165, 1.54) is 54.4 Å². The van der Waals surface area contributed by atoms with Crippen LogP contribution in [0.15, 0.2) is 114 Å². The van der Waals surface area contributed by atoms with Gasteiger partial charge in [0.15, 0.2) is 0 Å². The number of rotatable bonds is 12. The highest BCUT2D eigenvalue weighted by molar-refractivity contribution is 7.92. The first-order chi connectivity index (χ1) is 20.6. The number of hydrogen-bond acceptors (Lipinski definition) is 6. The number of nitro groups is 1. The zero-order valence-corrected chi connectivity index (χ0v) is 24.7. The van der Waals surface area contributed by atoms with Crippen LogP contribution in [-0.2, 0) is 32.6 Å². The standard InChI is InChI=1S/C31H29ClN4O6S/c1-33-31(38)29(19-23-9-4-2-5-10-23)34(21-24-15-17-25(32)18-16-24)30(37)22-35(26-11-8-12-27(20-26)36(39)40)43(41,42)28-13-6-3-7-14-28/h2-18,20,29H,19,21-22H2,1H3,(H,33,38). The zero-order chi connectivity index (χ0) is 31.0. The molecule has 10 nitrogen and oxygen atoms in total. The van der Waals surface area contributed by atoms with Crippen LogP contribution in [0.25, 0.3) is 0 Å². The molecule has 4 aromatic carbocycles. The minimum atomic E-state index is -4.37. The van der Waals surface area contributed by atoms with E-state index >= 15 is 0 Å². The van der Waals surface area contributed by atoms with Crippen LogP contribution in [0.3, 0.4) is 0 Å². The Bertz CT molecular complexity index is 1690. The van der Waals surface area contributed by atoms with Gasteiger partial charge in [0.1, 0.15) is 12.6 Å². The monoisotopic (exact) mass is 620 g/mol. The summed E-state index contributed by atoms with van der Waals surface area (Å²) in [4.78, 5) is 39.6. The molecule has 0 aliphatic heterocycles. The van der Waals surface area contributed by atoms with E-state index in [0.29, 0.717) is 10.6 Å². The maximum absolute atomic E-state index is 14.2. The Kier molecular flexibility index (Phi) is 10.1. The van der Waals surface area contributed by atoms with E-state index in [2.05, 4.69) is 5.32 Å². The minimum Gasteiger partial charge on any atom is -0.357 e. The van der Waals surface area contributed by atoms with Crippen LogP contribution in [-0.4, -0.2) is 49.7 Å². The lowest BCUT2D eigenvalue weighted by atomic mass is 10.0. The van der Waals surface area contributed by atoms with Crippen LogP contribution in [0.5, 0.6) is 0 Å². The van der Waals surface area contributed by atoms with Crippen LogP contribution in [0.4, 0.5) is 11.4 Å². The molecule has 0 aliphatic carbocycles. The average molecular weight is 621 g/mol. The summed E-state index contributed by atoms with van der Waals surface area (Å²) in [5.41, 5.74) is 1.03. The normalized spacial score (nSPS) is 11.8. The fraction of sp³-hybridized carbons (Fsp3) is 0.161. The van der Waals surface area contributed by atoms with Crippen LogP contribution < -0.4 is 9.62 Å². The highest BCUT2D eigenvalue weighted by Crippen LogP contribution is 2.28. The lowest BCUT2D eigenvalue weighted by molar-refractivity contribution is -0.384. The number of sulfonamides is 1. The van der Waals surface area contributed by atoms with Crippen molar-refractivity contribution in [3.05, 3.63) is 135 Å². The van der Waals surface area contributed by atoms with Gasteiger partial charge in [0, 0.05) is 37.2 Å². The van der Waals surface area contributed by atoms with Crippen molar-refractivity contribution in [2.24, 2.45) is 0 Å². The third-order valence-corrected chi connectivity index (χ3v) is 8.76. The number of non-ortho nitro benzene ring substituents is 1. The smallest absolute Gasteiger partial charge is 0.271 e. The van der Waals surface area contributed by atoms with Gasteiger partial charge in [-0.1, -0.05) is 78.3 Å². The Balaban J connectivity index is 1.80. The summed E-state index contributed by atoms with van der Waals surface area (Å²) in [6, 6.07) is 27.4. The van der Waals surface area contributed by atoms with Gasteiger partial charge in [0.25, 0.3) is 15.7 Å². The number of anilines is 1. The number of nitrogens with zero attached hydrogens (tertiary/aromatic N) is 3. The molecule has 1 unspecified atom stereocenters. The van der Waals surface area contributed by atoms with Crippen LogP contribution in [0.1, 0.15) is 11.1 Å². The molecule has 0 saturated heterocycles. The van der Waals surface area contributed by atoms with Gasteiger partial charge in [-0.15, -0.1) is 0 Å². The molecule has 0 heterocycles. The molecule has 4 aromatic rings. The van der Waals surface area contributed by atoms with Gasteiger partial charge in [-0.3, -0.25) is 24.0 Å². The molecule has 0 aliphatic rings. The summed E-state index contributed by atoms with van der Waals surface area (Å²) < 4.78 is 28.6. The third kappa shape index (κ3) is 7.76. The Labute approximate surface area is 254 Å². The number of nitro benzene ring substituents is 1. The fourth-order valence-electron chi connectivity index (χ4n) is 4.52. The molecule has 0 aromatic heterocycles. The van der Waals surface area contributed by atoms with Crippen LogP contribution >= 0.6 is 11.6 Å². The van der Waals surface area contributed by atoms with E-state index in [1.54, 1.807) is 30.3 Å². The summed E-state index contributed by atoms with van der Waals surface area (Å²) in [7, 11) is -2.91. The predicted molar refractivity (Wildman–Crippen MR) is 164 cm³/mol. The number of likely N-dealkylation sites (N-methyl/N-ethyl adjacent to an activating group) is 1. The number of amides is 2. The fourth-order valence-corrected chi connectivity index (χ4v) is 6.07. The molecule has 12 heteroatoms. The third-order valence-electron chi connectivity index (χ3n) is 6.72. The first-order valence-electron chi connectivity index (χ1n) is 13.2. The molecule has 43 heavy (non-hydrogen) atoms. The van der Waals surface area contributed by atoms with Crippen molar-refractivity contribution in [3.63, 3.8) is 0 Å². The topological polar surface area (TPSA) is 130 Å². The second-order valence-electron chi connectivity index (χ2n) is 9.57. The largest absolute Gasteiger partial charge is 0.357 e. The molecule has 0 radical (unpaired) electrons. The second kappa shape index (κ2) is 14.0. The Morgan fingerprint density at radius 2 is 1.51 bits per heavy atom. The van der Waals surface area contributed by atoms with Crippen LogP contribution in [0, 0.1) is 10.1 Å². The van der Waals surface area contributed by atoms with E-state index in [0.717, 1.165) is 15.9 Å². The Morgan fingerprint density at radius 1 is 0.884 bits per heavy atom. The molecule has 4 rings (SSSR count). The summed E-state index contributed by atoms with van der Waals surface area (Å²) in [6.45, 7) is -0.761. The number of nitrogens with one attached hydrogen (secondary N) is 1. The molecule has 0 bridgehead atoms. The van der Waals surface area contributed by atoms with Gasteiger partial charge < -0.3 is 10.2 Å². The first kappa shape index (κ1) is 31.2. The van der Waals surface area contributed by atoms with E-state index in [4.69, 9.17) is 11.6 Å². The molecule has 0 fully saturated rings. The van der Waals surface area contributed by atoms with Crippen LogP contribution in [0.2, 0.25) is 5.02 Å². The molecule has 2 amide bonds. The molecule has 222 valence electrons. The molecule has 0 saturated carbocycles. The summed E-state index contributed by atoms with van der Waals surface area (Å²) in [5.74, 6) is -1.13. The number of hydrogen-bond donors (Lipinski definition) is 1. The van der Waals surface area contributed by atoms with Gasteiger partial charge >= 0.3 is 0 Å². The number of carbonyl (C=O) groups excluding carboxylic acids is 2. The molecular weight excluding hydrogens is 592 g/mol. The summed E-state index contributed by atoms with van der Waals surface area (Å²) in [6.07, 6.45) is 0.155. The Morgan fingerprint density at radius 3 is 2.12 bits per heavy atom. The maximum Gasteiger partial charge on any atom is 0.271 e. The van der Waals surface area contributed by atoms with Gasteiger partial charge in [-0.05, 0) is 41.5 Å². The molecule has 1 N–H and O–H groups in total. The van der Waals surface area contributed by atoms with Gasteiger partial charge in [-0.25, -0.2) is 8.42 Å². The van der Waals surface area contributed by atoms with E-state index in [-0.39, 0.29) is 29.2 Å². The SMILES string of the molecule is CNC(=O)C(Cc1ccccc1)N(Cc1ccc(Cl)cc1)C(=O)CN(c1cccc([N+](=O)[O-])c1)S(=O)(=O)c1ccccc1. The van der Waals surface area contributed by atoms with Gasteiger partial charge in [-0.2, -0.15) is 0 Å². The molecule has 0 spiro atoms. The number of carbonyl (C=O) groups is 2. The van der Waals surface area contributed by atoms with E-state index in [9.17, 15) is 28.1 Å². The van der Waals surface area contributed by atoms with Crippen molar-refractivity contribution in [2.45, 2.75) is 23.9 Å². The lowest BCUT2D eigenvalue weighted by Crippen LogP contribution is -2.53. The predicted octanol–water partition coefficient (Wildman–Crippen LogP) is 4.83. The summed E-state index contributed by atoms with van der Waals surface area (Å²) >= 11 is 6.07. The van der Waals surface area contributed by atoms with Crippen molar-refractivity contribution in [1.82, 2.24) is 10.2 Å².